The number of piperazine rings is 1. The molecule has 1 atom stereocenters. The van der Waals surface area contributed by atoms with Gasteiger partial charge in [-0.05, 0) is 31.3 Å². The van der Waals surface area contributed by atoms with Gasteiger partial charge in [-0.1, -0.05) is 21.9 Å². The lowest BCUT2D eigenvalue weighted by Gasteiger charge is -2.30. The van der Waals surface area contributed by atoms with Crippen LogP contribution < -0.4 is 5.32 Å². The third-order valence-electron chi connectivity index (χ3n) is 4.42. The summed E-state index contributed by atoms with van der Waals surface area (Å²) in [5.74, 6) is 2.36. The van der Waals surface area contributed by atoms with Gasteiger partial charge < -0.3 is 14.4 Å². The number of hydrogen-bond acceptors (Lipinski definition) is 8. The molecule has 4 rings (SSSR count). The first-order valence-corrected chi connectivity index (χ1v) is 8.89. The molecule has 0 spiro atoms. The largest absolute Gasteiger partial charge is 0.339 e. The lowest BCUT2D eigenvalue weighted by atomic mass is 10.2. The van der Waals surface area contributed by atoms with Crippen LogP contribution in [0.3, 0.4) is 0 Å². The van der Waals surface area contributed by atoms with Crippen LogP contribution in [0, 0.1) is 0 Å². The van der Waals surface area contributed by atoms with Crippen LogP contribution in [0.5, 0.6) is 0 Å². The maximum atomic E-state index is 5.89. The van der Waals surface area contributed by atoms with Crippen molar-refractivity contribution in [1.29, 1.82) is 0 Å². The molecule has 0 radical (unpaired) electrons. The average molecular weight is 375 g/mol. The number of hydrogen-bond donors (Lipinski definition) is 1. The summed E-state index contributed by atoms with van der Waals surface area (Å²) in [6.07, 6.45) is 1.10. The molecule has 9 heteroatoms. The Morgan fingerprint density at radius 3 is 2.62 bits per heavy atom. The van der Waals surface area contributed by atoms with Crippen LogP contribution in [0.25, 0.3) is 11.4 Å². The summed E-state index contributed by atoms with van der Waals surface area (Å²) < 4.78 is 10.7. The molecular formula is C17H19ClN6O2. The second-order valence-corrected chi connectivity index (χ2v) is 6.70. The Hall–Kier alpha value is -2.29. The number of aryl methyl sites for hydroxylation is 2. The SMILES string of the molecule is CN1CCNCC1c1noc(CCc2nc(-c3ccc(Cl)cc3)no2)n1. The van der Waals surface area contributed by atoms with Crippen molar-refractivity contribution >= 4 is 11.6 Å². The highest BCUT2D eigenvalue weighted by Gasteiger charge is 2.25. The van der Waals surface area contributed by atoms with Crippen molar-refractivity contribution in [3.63, 3.8) is 0 Å². The summed E-state index contributed by atoms with van der Waals surface area (Å²) in [6.45, 7) is 2.76. The van der Waals surface area contributed by atoms with Gasteiger partial charge in [-0.3, -0.25) is 4.90 Å². The molecule has 8 nitrogen and oxygen atoms in total. The minimum atomic E-state index is 0.140. The highest BCUT2D eigenvalue weighted by atomic mass is 35.5. The second kappa shape index (κ2) is 7.53. The summed E-state index contributed by atoms with van der Waals surface area (Å²) in [4.78, 5) is 11.1. The number of rotatable bonds is 5. The fourth-order valence-corrected chi connectivity index (χ4v) is 3.01. The molecular weight excluding hydrogens is 356 g/mol. The first-order valence-electron chi connectivity index (χ1n) is 8.51. The van der Waals surface area contributed by atoms with Crippen molar-refractivity contribution in [2.75, 3.05) is 26.7 Å². The van der Waals surface area contributed by atoms with Crippen LogP contribution in [0.1, 0.15) is 23.6 Å². The minimum Gasteiger partial charge on any atom is -0.339 e. The first kappa shape index (κ1) is 17.1. The molecule has 1 N–H and O–H groups in total. The van der Waals surface area contributed by atoms with Gasteiger partial charge in [-0.2, -0.15) is 9.97 Å². The lowest BCUT2D eigenvalue weighted by Crippen LogP contribution is -2.44. The number of aromatic nitrogens is 4. The Labute approximate surface area is 155 Å². The molecule has 1 aliphatic rings. The Morgan fingerprint density at radius 2 is 1.85 bits per heavy atom. The van der Waals surface area contributed by atoms with Gasteiger partial charge in [0.15, 0.2) is 5.82 Å². The topological polar surface area (TPSA) is 93.1 Å². The van der Waals surface area contributed by atoms with Crippen LogP contribution in [0.15, 0.2) is 33.3 Å². The quantitative estimate of drug-likeness (QED) is 0.726. The smallest absolute Gasteiger partial charge is 0.227 e. The zero-order valence-electron chi connectivity index (χ0n) is 14.4. The molecule has 1 fully saturated rings. The molecule has 136 valence electrons. The molecule has 3 aromatic rings. The molecule has 0 saturated carbocycles. The standard InChI is InChI=1S/C17H19ClN6O2/c1-24-9-8-19-10-13(24)17-21-15(26-23-17)7-6-14-20-16(22-25-14)11-2-4-12(18)5-3-11/h2-5,13,19H,6-10H2,1H3. The van der Waals surface area contributed by atoms with Crippen molar-refractivity contribution < 1.29 is 9.05 Å². The van der Waals surface area contributed by atoms with E-state index in [1.807, 2.05) is 12.1 Å². The molecule has 0 amide bonds. The van der Waals surface area contributed by atoms with Crippen LogP contribution >= 0.6 is 11.6 Å². The molecule has 1 unspecified atom stereocenters. The summed E-state index contributed by atoms with van der Waals surface area (Å²) in [7, 11) is 2.07. The first-order chi connectivity index (χ1) is 12.7. The molecule has 0 bridgehead atoms. The third kappa shape index (κ3) is 3.77. The molecule has 1 aromatic carbocycles. The van der Waals surface area contributed by atoms with E-state index in [1.54, 1.807) is 12.1 Å². The van der Waals surface area contributed by atoms with E-state index in [0.29, 0.717) is 41.3 Å². The molecule has 1 saturated heterocycles. The van der Waals surface area contributed by atoms with Gasteiger partial charge in [0.1, 0.15) is 0 Å². The van der Waals surface area contributed by atoms with Crippen LogP contribution in [0.4, 0.5) is 0 Å². The molecule has 26 heavy (non-hydrogen) atoms. The highest BCUT2D eigenvalue weighted by Crippen LogP contribution is 2.20. The molecule has 1 aliphatic heterocycles. The van der Waals surface area contributed by atoms with Gasteiger partial charge in [0.05, 0.1) is 6.04 Å². The van der Waals surface area contributed by atoms with E-state index in [2.05, 4.69) is 37.5 Å². The zero-order chi connectivity index (χ0) is 17.9. The van der Waals surface area contributed by atoms with Gasteiger partial charge in [0.25, 0.3) is 0 Å². The van der Waals surface area contributed by atoms with Gasteiger partial charge in [0, 0.05) is 43.1 Å². The lowest BCUT2D eigenvalue weighted by molar-refractivity contribution is 0.190. The minimum absolute atomic E-state index is 0.140. The van der Waals surface area contributed by atoms with Gasteiger partial charge in [0.2, 0.25) is 17.6 Å². The Balaban J connectivity index is 1.38. The Bertz CT molecular complexity index is 862. The van der Waals surface area contributed by atoms with Crippen molar-refractivity contribution in [1.82, 2.24) is 30.5 Å². The molecule has 2 aromatic heterocycles. The normalized spacial score (nSPS) is 18.3. The number of nitrogens with zero attached hydrogens (tertiary/aromatic N) is 5. The third-order valence-corrected chi connectivity index (χ3v) is 4.67. The van der Waals surface area contributed by atoms with Crippen molar-refractivity contribution in [3.8, 4) is 11.4 Å². The Morgan fingerprint density at radius 1 is 1.12 bits per heavy atom. The van der Waals surface area contributed by atoms with Crippen LogP contribution in [0.2, 0.25) is 5.02 Å². The van der Waals surface area contributed by atoms with E-state index in [0.717, 1.165) is 25.2 Å². The summed E-state index contributed by atoms with van der Waals surface area (Å²) in [5.41, 5.74) is 0.859. The monoisotopic (exact) mass is 374 g/mol. The zero-order valence-corrected chi connectivity index (χ0v) is 15.1. The van der Waals surface area contributed by atoms with E-state index < -0.39 is 0 Å². The van der Waals surface area contributed by atoms with Crippen LogP contribution in [-0.2, 0) is 12.8 Å². The van der Waals surface area contributed by atoms with Crippen LogP contribution in [-0.4, -0.2) is 51.9 Å². The predicted octanol–water partition coefficient (Wildman–Crippen LogP) is 2.13. The fourth-order valence-electron chi connectivity index (χ4n) is 2.89. The molecule has 0 aliphatic carbocycles. The summed E-state index contributed by atoms with van der Waals surface area (Å²) in [5, 5.41) is 12.1. The predicted molar refractivity (Wildman–Crippen MR) is 94.7 cm³/mol. The summed E-state index contributed by atoms with van der Waals surface area (Å²) in [6, 6.07) is 7.45. The van der Waals surface area contributed by atoms with E-state index in [9.17, 15) is 0 Å². The summed E-state index contributed by atoms with van der Waals surface area (Å²) >= 11 is 5.89. The maximum absolute atomic E-state index is 5.89. The highest BCUT2D eigenvalue weighted by molar-refractivity contribution is 6.30. The van der Waals surface area contributed by atoms with E-state index in [4.69, 9.17) is 20.6 Å². The number of halogens is 1. The fraction of sp³-hybridized carbons (Fsp3) is 0.412. The van der Waals surface area contributed by atoms with Crippen molar-refractivity contribution in [2.24, 2.45) is 0 Å². The Kier molecular flexibility index (Phi) is 4.96. The second-order valence-electron chi connectivity index (χ2n) is 6.27. The number of likely N-dealkylation sites (N-methyl/N-ethyl adjacent to an activating group) is 1. The van der Waals surface area contributed by atoms with Crippen molar-refractivity contribution in [3.05, 3.63) is 46.9 Å². The maximum Gasteiger partial charge on any atom is 0.227 e. The molecule has 3 heterocycles. The van der Waals surface area contributed by atoms with Gasteiger partial charge >= 0.3 is 0 Å². The van der Waals surface area contributed by atoms with Gasteiger partial charge in [-0.15, -0.1) is 0 Å². The van der Waals surface area contributed by atoms with E-state index in [-0.39, 0.29) is 6.04 Å². The number of nitrogens with one attached hydrogen (secondary N) is 1. The van der Waals surface area contributed by atoms with E-state index in [1.165, 1.54) is 0 Å². The van der Waals surface area contributed by atoms with Crippen molar-refractivity contribution in [2.45, 2.75) is 18.9 Å². The number of benzene rings is 1. The van der Waals surface area contributed by atoms with E-state index >= 15 is 0 Å². The average Bonchev–Trinajstić information content (AvgIpc) is 3.30. The van der Waals surface area contributed by atoms with Gasteiger partial charge in [-0.25, -0.2) is 0 Å².